The maximum atomic E-state index is 13.4. The first-order chi connectivity index (χ1) is 14.9. The fraction of sp³-hybridized carbons (Fsp3) is 0.391. The molecule has 3 rings (SSSR count). The van der Waals surface area contributed by atoms with Gasteiger partial charge in [0.05, 0.1) is 11.7 Å². The lowest BCUT2D eigenvalue weighted by Gasteiger charge is -2.28. The molecule has 0 bridgehead atoms. The topological polar surface area (TPSA) is 61.9 Å². The van der Waals surface area contributed by atoms with Crippen LogP contribution in [0.4, 0.5) is 9.18 Å². The van der Waals surface area contributed by atoms with Gasteiger partial charge in [-0.1, -0.05) is 55.6 Å². The summed E-state index contributed by atoms with van der Waals surface area (Å²) >= 11 is 6.09. The van der Waals surface area contributed by atoms with E-state index in [9.17, 15) is 14.0 Å². The molecule has 0 unspecified atom stereocenters. The Labute approximate surface area is 186 Å². The van der Waals surface area contributed by atoms with Crippen molar-refractivity contribution < 1.29 is 18.7 Å². The zero-order chi connectivity index (χ0) is 22.4. The van der Waals surface area contributed by atoms with E-state index in [1.54, 1.807) is 31.3 Å². The maximum Gasteiger partial charge on any atom is 0.326 e. The summed E-state index contributed by atoms with van der Waals surface area (Å²) in [6.07, 6.45) is 2.07. The molecule has 3 amide bonds. The first-order valence-corrected chi connectivity index (χ1v) is 10.7. The molecular weight excluding hydrogens is 421 g/mol. The molecule has 0 radical (unpaired) electrons. The Morgan fingerprint density at radius 3 is 2.55 bits per heavy atom. The number of likely N-dealkylation sites (N-methyl/N-ethyl adjacent to an activating group) is 1. The van der Waals surface area contributed by atoms with Crippen LogP contribution in [0, 0.1) is 5.82 Å². The average Bonchev–Trinajstić information content (AvgIpc) is 2.99. The number of amides is 3. The summed E-state index contributed by atoms with van der Waals surface area (Å²) in [6.45, 7) is 2.97. The van der Waals surface area contributed by atoms with Crippen LogP contribution in [0.15, 0.2) is 48.5 Å². The van der Waals surface area contributed by atoms with Gasteiger partial charge in [0.2, 0.25) is 0 Å². The monoisotopic (exact) mass is 447 g/mol. The number of para-hydroxylation sites is 1. The molecule has 8 heteroatoms. The number of nitrogens with zero attached hydrogens (tertiary/aromatic N) is 2. The number of rotatable bonds is 10. The van der Waals surface area contributed by atoms with E-state index in [4.69, 9.17) is 16.3 Å². The molecule has 1 fully saturated rings. The first kappa shape index (κ1) is 23.0. The van der Waals surface area contributed by atoms with Crippen molar-refractivity contribution >= 4 is 23.5 Å². The van der Waals surface area contributed by atoms with Crippen LogP contribution in [-0.2, 0) is 10.3 Å². The van der Waals surface area contributed by atoms with Gasteiger partial charge in [-0.2, -0.15) is 0 Å². The molecular formula is C23H27ClFN3O3. The number of imide groups is 1. The van der Waals surface area contributed by atoms with Crippen molar-refractivity contribution in [3.63, 3.8) is 0 Å². The normalized spacial score (nSPS) is 18.5. The van der Waals surface area contributed by atoms with Crippen molar-refractivity contribution in [2.45, 2.75) is 31.7 Å². The van der Waals surface area contributed by atoms with Crippen LogP contribution < -0.4 is 10.1 Å². The third-order valence-electron chi connectivity index (χ3n) is 5.37. The number of urea groups is 1. The highest BCUT2D eigenvalue weighted by Gasteiger charge is 2.51. The third-order valence-corrected chi connectivity index (χ3v) is 5.68. The molecule has 1 aliphatic heterocycles. The predicted molar refractivity (Wildman–Crippen MR) is 117 cm³/mol. The van der Waals surface area contributed by atoms with Crippen molar-refractivity contribution in [1.29, 1.82) is 0 Å². The van der Waals surface area contributed by atoms with E-state index in [1.807, 2.05) is 24.0 Å². The van der Waals surface area contributed by atoms with Crippen molar-refractivity contribution in [3.8, 4) is 5.75 Å². The highest BCUT2D eigenvalue weighted by molar-refractivity contribution is 6.32. The van der Waals surface area contributed by atoms with E-state index in [0.717, 1.165) is 12.8 Å². The van der Waals surface area contributed by atoms with Crippen LogP contribution in [0.5, 0.6) is 5.75 Å². The van der Waals surface area contributed by atoms with Gasteiger partial charge in [-0.15, -0.1) is 0 Å². The number of halogens is 2. The Morgan fingerprint density at radius 1 is 1.16 bits per heavy atom. The van der Waals surface area contributed by atoms with E-state index in [2.05, 4.69) is 5.32 Å². The quantitative estimate of drug-likeness (QED) is 0.549. The molecule has 1 aliphatic rings. The Bertz CT molecular complexity index is 925. The summed E-state index contributed by atoms with van der Waals surface area (Å²) in [5, 5.41) is 3.40. The van der Waals surface area contributed by atoms with E-state index in [-0.39, 0.29) is 18.4 Å². The Kier molecular flexibility index (Phi) is 7.51. The average molecular weight is 448 g/mol. The second-order valence-electron chi connectivity index (χ2n) is 7.68. The van der Waals surface area contributed by atoms with Gasteiger partial charge in [0.15, 0.2) is 0 Å². The predicted octanol–water partition coefficient (Wildman–Crippen LogP) is 4.38. The molecule has 2 aromatic rings. The van der Waals surface area contributed by atoms with Gasteiger partial charge in [0, 0.05) is 6.54 Å². The fourth-order valence-electron chi connectivity index (χ4n) is 3.63. The zero-order valence-corrected chi connectivity index (χ0v) is 18.5. The molecule has 1 heterocycles. The van der Waals surface area contributed by atoms with Gasteiger partial charge in [-0.25, -0.2) is 14.1 Å². The maximum absolute atomic E-state index is 13.4. The highest BCUT2D eigenvalue weighted by Crippen LogP contribution is 2.34. The summed E-state index contributed by atoms with van der Waals surface area (Å²) < 4.78 is 19.1. The summed E-state index contributed by atoms with van der Waals surface area (Å²) in [5.41, 5.74) is -0.580. The molecule has 0 aliphatic carbocycles. The number of hydrogen-bond acceptors (Lipinski definition) is 4. The van der Waals surface area contributed by atoms with Gasteiger partial charge in [-0.05, 0) is 43.3 Å². The lowest BCUT2D eigenvalue weighted by molar-refractivity contribution is -0.133. The molecule has 2 aromatic carbocycles. The number of ether oxygens (including phenoxy) is 1. The van der Waals surface area contributed by atoms with Crippen LogP contribution in [0.3, 0.4) is 0 Å². The molecule has 1 atom stereocenters. The van der Waals surface area contributed by atoms with Crippen LogP contribution in [0.25, 0.3) is 0 Å². The lowest BCUT2D eigenvalue weighted by Crippen LogP contribution is -2.45. The second-order valence-corrected chi connectivity index (χ2v) is 8.09. The largest absolute Gasteiger partial charge is 0.491 e. The number of benzene rings is 2. The lowest BCUT2D eigenvalue weighted by atomic mass is 9.85. The minimum absolute atomic E-state index is 0.117. The summed E-state index contributed by atoms with van der Waals surface area (Å²) in [5.74, 6) is -0.125. The third kappa shape index (κ3) is 5.17. The van der Waals surface area contributed by atoms with Gasteiger partial charge >= 0.3 is 6.03 Å². The zero-order valence-electron chi connectivity index (χ0n) is 17.7. The molecule has 1 N–H and O–H groups in total. The second kappa shape index (κ2) is 10.1. The number of carbonyl (C=O) groups excluding carboxylic acids is 2. The Hall–Kier alpha value is -2.64. The highest BCUT2D eigenvalue weighted by atomic mass is 35.5. The summed E-state index contributed by atoms with van der Waals surface area (Å²) in [4.78, 5) is 29.1. The van der Waals surface area contributed by atoms with Crippen molar-refractivity contribution in [2.24, 2.45) is 0 Å². The molecule has 6 nitrogen and oxygen atoms in total. The molecule has 0 spiro atoms. The number of unbranched alkanes of at least 4 members (excludes halogenated alkanes) is 1. The number of hydrogen-bond donors (Lipinski definition) is 1. The van der Waals surface area contributed by atoms with E-state index < -0.39 is 11.6 Å². The van der Waals surface area contributed by atoms with Gasteiger partial charge < -0.3 is 10.1 Å². The smallest absolute Gasteiger partial charge is 0.326 e. The minimum atomic E-state index is -1.17. The van der Waals surface area contributed by atoms with Gasteiger partial charge in [0.1, 0.15) is 23.7 Å². The van der Waals surface area contributed by atoms with Gasteiger partial charge in [-0.3, -0.25) is 9.69 Å². The van der Waals surface area contributed by atoms with E-state index >= 15 is 0 Å². The molecule has 166 valence electrons. The van der Waals surface area contributed by atoms with Crippen LogP contribution >= 0.6 is 11.6 Å². The summed E-state index contributed by atoms with van der Waals surface area (Å²) in [6, 6.07) is 12.5. The van der Waals surface area contributed by atoms with Crippen molar-refractivity contribution in [1.82, 2.24) is 15.1 Å². The first-order valence-electron chi connectivity index (χ1n) is 10.3. The molecule has 0 aromatic heterocycles. The minimum Gasteiger partial charge on any atom is -0.491 e. The van der Waals surface area contributed by atoms with Gasteiger partial charge in [0.25, 0.3) is 5.91 Å². The molecule has 0 saturated carbocycles. The van der Waals surface area contributed by atoms with Crippen molar-refractivity contribution in [3.05, 3.63) is 64.9 Å². The molecule has 1 saturated heterocycles. The van der Waals surface area contributed by atoms with Crippen LogP contribution in [0.1, 0.15) is 31.7 Å². The van der Waals surface area contributed by atoms with Crippen LogP contribution in [-0.4, -0.2) is 48.6 Å². The SMILES string of the molecule is CCCC[C@@]1(c2ccc(F)cc2)NC(=O)N(CN(C)CCOc2ccccc2Cl)C1=O. The number of carbonyl (C=O) groups is 2. The molecule has 31 heavy (non-hydrogen) atoms. The Morgan fingerprint density at radius 2 is 1.87 bits per heavy atom. The standard InChI is InChI=1S/C23H27ClFN3O3/c1-3-4-13-23(17-9-11-18(25)12-10-17)21(29)28(22(30)26-23)16-27(2)14-15-31-20-8-6-5-7-19(20)24/h5-12H,3-4,13-16H2,1-2H3,(H,26,30)/t23-/m0/s1. The van der Waals surface area contributed by atoms with Crippen LogP contribution in [0.2, 0.25) is 5.02 Å². The number of nitrogens with one attached hydrogen (secondary N) is 1. The fourth-order valence-corrected chi connectivity index (χ4v) is 3.82. The van der Waals surface area contributed by atoms with E-state index in [1.165, 1.54) is 17.0 Å². The van der Waals surface area contributed by atoms with E-state index in [0.29, 0.717) is 35.9 Å². The Balaban J connectivity index is 1.67. The summed E-state index contributed by atoms with van der Waals surface area (Å²) in [7, 11) is 1.81. The van der Waals surface area contributed by atoms with Crippen molar-refractivity contribution in [2.75, 3.05) is 26.9 Å².